The van der Waals surface area contributed by atoms with Crippen molar-refractivity contribution in [3.8, 4) is 0 Å². The van der Waals surface area contributed by atoms with Crippen molar-refractivity contribution >= 4 is 50.8 Å². The van der Waals surface area contributed by atoms with Gasteiger partial charge in [0, 0.05) is 48.4 Å². The number of nitrogens with zero attached hydrogens (tertiary/aromatic N) is 1. The van der Waals surface area contributed by atoms with Crippen LogP contribution in [0.4, 0.5) is 0 Å². The Morgan fingerprint density at radius 3 is 2.53 bits per heavy atom. The molecule has 3 N–H and O–H groups in total. The van der Waals surface area contributed by atoms with Crippen molar-refractivity contribution in [1.29, 1.82) is 0 Å². The van der Waals surface area contributed by atoms with Crippen LogP contribution in [0.25, 0.3) is 0 Å². The highest BCUT2D eigenvalue weighted by Crippen LogP contribution is 2.21. The lowest BCUT2D eigenvalue weighted by molar-refractivity contribution is -0.120. The first-order valence-corrected chi connectivity index (χ1v) is 12.5. The zero-order valence-electron chi connectivity index (χ0n) is 18.6. The average molecular weight is 577 g/mol. The Morgan fingerprint density at radius 2 is 1.91 bits per heavy atom. The van der Waals surface area contributed by atoms with Gasteiger partial charge in [0.15, 0.2) is 0 Å². The van der Waals surface area contributed by atoms with Gasteiger partial charge in [0.1, 0.15) is 0 Å². The maximum absolute atomic E-state index is 12.6. The molecule has 1 aromatic rings. The standard InChI is InChI=1S/C21H32BBr2N3O5/c1-15(2)12-19(22-31-10-7-27(6-3-9-28)8-11-32-22)26-20(29)14-25-21(30)17-13-16(23)4-5-18(17)24/h4-5,13,15,19,28H,3,6-12,14H2,1-2H3,(H,25,30)(H,26,29)/t19-/m0/s1. The first-order valence-electron chi connectivity index (χ1n) is 10.9. The molecule has 2 rings (SSSR count). The van der Waals surface area contributed by atoms with Gasteiger partial charge in [0.2, 0.25) is 5.91 Å². The Bertz CT molecular complexity index is 746. The molecular weight excluding hydrogens is 545 g/mol. The fourth-order valence-corrected chi connectivity index (χ4v) is 4.22. The lowest BCUT2D eigenvalue weighted by Crippen LogP contribution is -2.54. The Morgan fingerprint density at radius 1 is 1.22 bits per heavy atom. The molecule has 0 radical (unpaired) electrons. The Labute approximate surface area is 207 Å². The van der Waals surface area contributed by atoms with E-state index in [9.17, 15) is 9.59 Å². The van der Waals surface area contributed by atoms with Crippen LogP contribution in [0.5, 0.6) is 0 Å². The second-order valence-electron chi connectivity index (χ2n) is 8.14. The number of halogens is 2. The van der Waals surface area contributed by atoms with E-state index in [4.69, 9.17) is 14.4 Å². The number of aliphatic hydroxyl groups excluding tert-OH is 1. The fraction of sp³-hybridized carbons (Fsp3) is 0.619. The SMILES string of the molecule is CC(C)C[C@H](NC(=O)CNC(=O)c1cc(Br)ccc1Br)B1OCCN(CCCO)CCO1. The molecule has 0 aliphatic carbocycles. The zero-order chi connectivity index (χ0) is 23.5. The summed E-state index contributed by atoms with van der Waals surface area (Å²) >= 11 is 6.71. The number of carbonyl (C=O) groups excluding carboxylic acids is 2. The van der Waals surface area contributed by atoms with Gasteiger partial charge in [0.05, 0.1) is 18.0 Å². The van der Waals surface area contributed by atoms with Crippen molar-refractivity contribution < 1.29 is 24.0 Å². The number of aliphatic hydroxyl groups is 1. The van der Waals surface area contributed by atoms with Crippen molar-refractivity contribution in [2.24, 2.45) is 5.92 Å². The third-order valence-corrected chi connectivity index (χ3v) is 6.18. The number of hydrogen-bond donors (Lipinski definition) is 3. The van der Waals surface area contributed by atoms with E-state index in [2.05, 4.69) is 61.2 Å². The van der Waals surface area contributed by atoms with Crippen LogP contribution < -0.4 is 10.6 Å². The predicted molar refractivity (Wildman–Crippen MR) is 131 cm³/mol. The molecule has 8 nitrogen and oxygen atoms in total. The summed E-state index contributed by atoms with van der Waals surface area (Å²) < 4.78 is 13.3. The summed E-state index contributed by atoms with van der Waals surface area (Å²) in [6.45, 7) is 7.43. The van der Waals surface area contributed by atoms with Crippen LogP contribution in [0.3, 0.4) is 0 Å². The van der Waals surface area contributed by atoms with Crippen LogP contribution in [-0.2, 0) is 14.1 Å². The summed E-state index contributed by atoms with van der Waals surface area (Å²) in [4.78, 5) is 27.3. The number of rotatable bonds is 10. The molecule has 0 aromatic heterocycles. The van der Waals surface area contributed by atoms with Crippen LogP contribution in [-0.4, -0.2) is 80.9 Å². The van der Waals surface area contributed by atoms with E-state index in [0.29, 0.717) is 35.6 Å². The molecule has 32 heavy (non-hydrogen) atoms. The molecule has 0 bridgehead atoms. The Hall–Kier alpha value is -0.975. The molecular formula is C21H32BBr2N3O5. The molecule has 1 fully saturated rings. The monoisotopic (exact) mass is 575 g/mol. The maximum atomic E-state index is 12.6. The smallest absolute Gasteiger partial charge is 0.408 e. The Balaban J connectivity index is 1.90. The highest BCUT2D eigenvalue weighted by Gasteiger charge is 2.33. The predicted octanol–water partition coefficient (Wildman–Crippen LogP) is 2.23. The molecule has 178 valence electrons. The number of amides is 2. The zero-order valence-corrected chi connectivity index (χ0v) is 21.8. The van der Waals surface area contributed by atoms with Crippen molar-refractivity contribution in [3.05, 3.63) is 32.7 Å². The topological polar surface area (TPSA) is 100 Å². The second kappa shape index (κ2) is 14.3. The van der Waals surface area contributed by atoms with Gasteiger partial charge in [-0.05, 0) is 52.9 Å². The summed E-state index contributed by atoms with van der Waals surface area (Å²) in [5, 5.41) is 14.7. The molecule has 11 heteroatoms. The van der Waals surface area contributed by atoms with Gasteiger partial charge in [0.25, 0.3) is 5.91 Å². The number of nitrogens with one attached hydrogen (secondary N) is 2. The van der Waals surface area contributed by atoms with Crippen molar-refractivity contribution in [1.82, 2.24) is 15.5 Å². The highest BCUT2D eigenvalue weighted by molar-refractivity contribution is 9.11. The average Bonchev–Trinajstić information content (AvgIpc) is 2.72. The van der Waals surface area contributed by atoms with Crippen LogP contribution >= 0.6 is 31.9 Å². The molecule has 2 amide bonds. The highest BCUT2D eigenvalue weighted by atomic mass is 79.9. The van der Waals surface area contributed by atoms with E-state index in [0.717, 1.165) is 30.5 Å². The number of carbonyl (C=O) groups is 2. The molecule has 1 saturated heterocycles. The number of benzene rings is 1. The van der Waals surface area contributed by atoms with E-state index < -0.39 is 7.12 Å². The molecule has 1 aliphatic rings. The molecule has 0 unspecified atom stereocenters. The first-order chi connectivity index (χ1) is 15.3. The Kier molecular flexibility index (Phi) is 12.2. The minimum atomic E-state index is -0.545. The second-order valence-corrected chi connectivity index (χ2v) is 9.91. The van der Waals surface area contributed by atoms with Crippen LogP contribution in [0.1, 0.15) is 37.0 Å². The van der Waals surface area contributed by atoms with E-state index in [1.54, 1.807) is 12.1 Å². The summed E-state index contributed by atoms with van der Waals surface area (Å²) in [6, 6.07) is 5.29. The third kappa shape index (κ3) is 9.48. The lowest BCUT2D eigenvalue weighted by atomic mass is 9.73. The van der Waals surface area contributed by atoms with Gasteiger partial charge in [-0.25, -0.2) is 0 Å². The van der Waals surface area contributed by atoms with Crippen molar-refractivity contribution in [2.45, 2.75) is 32.6 Å². The quantitative estimate of drug-likeness (QED) is 0.370. The molecule has 1 aliphatic heterocycles. The minimum absolute atomic E-state index is 0.145. The largest absolute Gasteiger partial charge is 0.480 e. The maximum Gasteiger partial charge on any atom is 0.480 e. The molecule has 1 atom stereocenters. The van der Waals surface area contributed by atoms with E-state index in [1.807, 2.05) is 6.07 Å². The lowest BCUT2D eigenvalue weighted by Gasteiger charge is -2.31. The normalized spacial score (nSPS) is 16.4. The van der Waals surface area contributed by atoms with E-state index in [-0.39, 0.29) is 30.9 Å². The molecule has 0 saturated carbocycles. The summed E-state index contributed by atoms with van der Waals surface area (Å²) in [7, 11) is -0.545. The van der Waals surface area contributed by atoms with Gasteiger partial charge < -0.3 is 25.0 Å². The fourth-order valence-electron chi connectivity index (χ4n) is 3.44. The van der Waals surface area contributed by atoms with Crippen molar-refractivity contribution in [3.63, 3.8) is 0 Å². The molecule has 0 spiro atoms. The van der Waals surface area contributed by atoms with Gasteiger partial charge >= 0.3 is 7.12 Å². The van der Waals surface area contributed by atoms with Gasteiger partial charge in [-0.15, -0.1) is 0 Å². The molecule has 1 heterocycles. The summed E-state index contributed by atoms with van der Waals surface area (Å²) in [5.41, 5.74) is 0.448. The van der Waals surface area contributed by atoms with Crippen molar-refractivity contribution in [2.75, 3.05) is 46.0 Å². The van der Waals surface area contributed by atoms with E-state index in [1.165, 1.54) is 0 Å². The number of hydrogen-bond acceptors (Lipinski definition) is 6. The van der Waals surface area contributed by atoms with Gasteiger partial charge in [-0.3, -0.25) is 14.5 Å². The van der Waals surface area contributed by atoms with Gasteiger partial charge in [-0.1, -0.05) is 29.8 Å². The van der Waals surface area contributed by atoms with E-state index >= 15 is 0 Å². The van der Waals surface area contributed by atoms with Crippen LogP contribution in [0.15, 0.2) is 27.1 Å². The summed E-state index contributed by atoms with van der Waals surface area (Å²) in [5.74, 6) is -0.628. The minimum Gasteiger partial charge on any atom is -0.408 e. The van der Waals surface area contributed by atoms with Crippen LogP contribution in [0, 0.1) is 5.92 Å². The van der Waals surface area contributed by atoms with Crippen LogP contribution in [0.2, 0.25) is 0 Å². The first kappa shape index (κ1) is 27.3. The molecule has 1 aromatic carbocycles. The third-order valence-electron chi connectivity index (χ3n) is 4.99. The van der Waals surface area contributed by atoms with Gasteiger partial charge in [-0.2, -0.15) is 0 Å². The summed E-state index contributed by atoms with van der Waals surface area (Å²) in [6.07, 6.45) is 1.41.